The van der Waals surface area contributed by atoms with Crippen molar-refractivity contribution in [3.63, 3.8) is 0 Å². The number of phosphoric ester groups is 1. The van der Waals surface area contributed by atoms with Gasteiger partial charge in [-0.2, -0.15) is 0 Å². The molecule has 382 valence electrons. The first-order valence-corrected chi connectivity index (χ1v) is 28.8. The van der Waals surface area contributed by atoms with Crippen LogP contribution in [0.4, 0.5) is 0 Å². The lowest BCUT2D eigenvalue weighted by Gasteiger charge is -2.27. The van der Waals surface area contributed by atoms with Gasteiger partial charge in [-0.1, -0.05) is 192 Å². The van der Waals surface area contributed by atoms with E-state index >= 15 is 0 Å². The summed E-state index contributed by atoms with van der Waals surface area (Å²) in [5.74, 6) is -0.539. The summed E-state index contributed by atoms with van der Waals surface area (Å²) >= 11 is 0. The van der Waals surface area contributed by atoms with Gasteiger partial charge >= 0.3 is 13.8 Å². The fraction of sp³-hybridized carbons (Fsp3) is 0.855. The lowest BCUT2D eigenvalue weighted by Crippen LogP contribution is -2.47. The largest absolute Gasteiger partial charge is 0.472 e. The van der Waals surface area contributed by atoms with Crippen molar-refractivity contribution in [1.29, 1.82) is 0 Å². The van der Waals surface area contributed by atoms with Crippen molar-refractivity contribution >= 4 is 19.7 Å². The fourth-order valence-corrected chi connectivity index (χ4v) is 8.49. The van der Waals surface area contributed by atoms with Crippen LogP contribution < -0.4 is 5.32 Å². The number of rotatable bonds is 49. The zero-order valence-electron chi connectivity index (χ0n) is 43.5. The first kappa shape index (κ1) is 63.2. The van der Waals surface area contributed by atoms with Crippen LogP contribution in [-0.4, -0.2) is 74.3 Å². The van der Waals surface area contributed by atoms with Crippen molar-refractivity contribution < 1.29 is 37.3 Å². The molecule has 0 aromatic heterocycles. The monoisotopic (exact) mass is 938 g/mol. The van der Waals surface area contributed by atoms with Crippen LogP contribution in [0.15, 0.2) is 36.5 Å². The van der Waals surface area contributed by atoms with Gasteiger partial charge in [-0.15, -0.1) is 0 Å². The van der Waals surface area contributed by atoms with Crippen LogP contribution in [0.2, 0.25) is 0 Å². The van der Waals surface area contributed by atoms with Crippen LogP contribution in [0.5, 0.6) is 0 Å². The van der Waals surface area contributed by atoms with Crippen molar-refractivity contribution in [1.82, 2.24) is 5.32 Å². The van der Waals surface area contributed by atoms with Gasteiger partial charge in [0.1, 0.15) is 19.3 Å². The van der Waals surface area contributed by atoms with Crippen molar-refractivity contribution in [2.24, 2.45) is 0 Å². The number of allylic oxidation sites excluding steroid dienone is 5. The molecule has 3 unspecified atom stereocenters. The lowest BCUT2D eigenvalue weighted by atomic mass is 10.1. The molecule has 0 aromatic carbocycles. The number of unbranched alkanes of at least 4 members (excludes halogenated alkanes) is 29. The Hall–Kier alpha value is -1.77. The molecule has 0 spiro atoms. The van der Waals surface area contributed by atoms with Crippen molar-refractivity contribution in [2.75, 3.05) is 40.9 Å². The second-order valence-corrected chi connectivity index (χ2v) is 21.2. The fourth-order valence-electron chi connectivity index (χ4n) is 7.75. The Morgan fingerprint density at radius 1 is 0.523 bits per heavy atom. The smallest absolute Gasteiger partial charge is 0.456 e. The second kappa shape index (κ2) is 46.0. The maximum Gasteiger partial charge on any atom is 0.472 e. The van der Waals surface area contributed by atoms with E-state index in [1.807, 2.05) is 33.3 Å². The van der Waals surface area contributed by atoms with Crippen LogP contribution in [0.25, 0.3) is 0 Å². The number of esters is 1. The molecule has 9 nitrogen and oxygen atoms in total. The van der Waals surface area contributed by atoms with Gasteiger partial charge in [0.2, 0.25) is 5.91 Å². The first-order valence-electron chi connectivity index (χ1n) is 27.3. The van der Waals surface area contributed by atoms with E-state index in [-0.39, 0.29) is 31.5 Å². The Balaban J connectivity index is 5.45. The Kier molecular flexibility index (Phi) is 44.7. The highest BCUT2D eigenvalue weighted by molar-refractivity contribution is 7.47. The number of quaternary nitrogens is 1. The molecule has 0 heterocycles. The summed E-state index contributed by atoms with van der Waals surface area (Å²) in [4.78, 5) is 37.4. The second-order valence-electron chi connectivity index (χ2n) is 19.7. The van der Waals surface area contributed by atoms with Gasteiger partial charge in [0.05, 0.1) is 33.8 Å². The molecule has 0 aliphatic carbocycles. The number of carbonyl (C=O) groups is 2. The van der Waals surface area contributed by atoms with Crippen molar-refractivity contribution in [2.45, 2.75) is 264 Å². The van der Waals surface area contributed by atoms with E-state index in [2.05, 4.69) is 50.4 Å². The molecular formula is C55H106N2O7P+. The zero-order valence-corrected chi connectivity index (χ0v) is 44.4. The number of hydrogen-bond acceptors (Lipinski definition) is 6. The van der Waals surface area contributed by atoms with Gasteiger partial charge < -0.3 is 19.4 Å². The summed E-state index contributed by atoms with van der Waals surface area (Å²) in [6, 6.07) is -0.857. The SMILES string of the molecule is CCCCCCCC/C=C\CCCCCC(=O)OC(/C=C/CCCCCCCCCCCC)C(COP(=O)(O)OCC[N+](C)(C)C)NC(=O)CCCCC/C=C\CCCCCCCCC. The van der Waals surface area contributed by atoms with Crippen LogP contribution in [0.1, 0.15) is 252 Å². The number of ether oxygens (including phenoxy) is 1. The molecular weight excluding hydrogens is 832 g/mol. The summed E-state index contributed by atoms with van der Waals surface area (Å²) in [5.41, 5.74) is 0. The molecule has 1 amide bonds. The normalized spacial score (nSPS) is 14.1. The average molecular weight is 938 g/mol. The Bertz CT molecular complexity index is 1220. The van der Waals surface area contributed by atoms with Gasteiger partial charge in [0.15, 0.2) is 0 Å². The Morgan fingerprint density at radius 3 is 1.31 bits per heavy atom. The molecule has 0 bridgehead atoms. The molecule has 2 N–H and O–H groups in total. The van der Waals surface area contributed by atoms with E-state index < -0.39 is 20.0 Å². The molecule has 0 fully saturated rings. The lowest BCUT2D eigenvalue weighted by molar-refractivity contribution is -0.870. The predicted molar refractivity (Wildman–Crippen MR) is 277 cm³/mol. The van der Waals surface area contributed by atoms with E-state index in [0.29, 0.717) is 23.9 Å². The molecule has 0 rings (SSSR count). The van der Waals surface area contributed by atoms with Crippen molar-refractivity contribution in [3.05, 3.63) is 36.5 Å². The minimum absolute atomic E-state index is 0.0364. The minimum atomic E-state index is -4.44. The Morgan fingerprint density at radius 2 is 0.892 bits per heavy atom. The summed E-state index contributed by atoms with van der Waals surface area (Å²) in [5, 5.41) is 3.03. The van der Waals surface area contributed by atoms with E-state index in [0.717, 1.165) is 77.0 Å². The van der Waals surface area contributed by atoms with Gasteiger partial charge in [-0.25, -0.2) is 4.57 Å². The summed E-state index contributed by atoms with van der Waals surface area (Å²) in [7, 11) is 1.48. The topological polar surface area (TPSA) is 111 Å². The highest BCUT2D eigenvalue weighted by atomic mass is 31.2. The standard InChI is InChI=1S/C55H105N2O7P/c1-7-10-13-16-19-22-25-28-30-32-35-38-41-44-47-54(58)56-52(51-63-65(60,61)62-50-49-57(4,5)6)53(46-43-40-37-34-31-27-24-21-18-15-12-9-3)64-55(59)48-45-42-39-36-33-29-26-23-20-17-14-11-8-2/h29-30,32-33,43,46,52-53H,7-28,31,34-42,44-45,47-51H2,1-6H3,(H-,56,58,60,61)/p+1/b32-30-,33-29-,46-43+. The third kappa shape index (κ3) is 47.1. The maximum absolute atomic E-state index is 13.4. The summed E-state index contributed by atoms with van der Waals surface area (Å²) in [6.45, 7) is 6.98. The van der Waals surface area contributed by atoms with E-state index in [1.54, 1.807) is 0 Å². The van der Waals surface area contributed by atoms with Crippen LogP contribution in [0, 0.1) is 0 Å². The van der Waals surface area contributed by atoms with Crippen LogP contribution in [-0.2, 0) is 27.9 Å². The molecule has 0 aliphatic rings. The van der Waals surface area contributed by atoms with Gasteiger partial charge in [0, 0.05) is 12.8 Å². The average Bonchev–Trinajstić information content (AvgIpc) is 3.26. The number of nitrogens with zero attached hydrogens (tertiary/aromatic N) is 1. The number of nitrogens with one attached hydrogen (secondary N) is 1. The minimum Gasteiger partial charge on any atom is -0.456 e. The number of phosphoric acid groups is 1. The third-order valence-electron chi connectivity index (χ3n) is 12.1. The maximum atomic E-state index is 13.4. The predicted octanol–water partition coefficient (Wildman–Crippen LogP) is 16.0. The molecule has 0 saturated carbocycles. The molecule has 0 saturated heterocycles. The summed E-state index contributed by atoms with van der Waals surface area (Å²) < 4.78 is 30.5. The van der Waals surface area contributed by atoms with Gasteiger partial charge in [0.25, 0.3) is 0 Å². The van der Waals surface area contributed by atoms with E-state index in [1.165, 1.54) is 135 Å². The zero-order chi connectivity index (χ0) is 48.0. The van der Waals surface area contributed by atoms with E-state index in [9.17, 15) is 19.0 Å². The number of carbonyl (C=O) groups excluding carboxylic acids is 2. The molecule has 0 aromatic rings. The molecule has 0 aliphatic heterocycles. The Labute approximate surface area is 402 Å². The number of likely N-dealkylation sites (N-methyl/N-ethyl adjacent to an activating group) is 1. The first-order chi connectivity index (χ1) is 31.4. The highest BCUT2D eigenvalue weighted by Crippen LogP contribution is 2.43. The number of hydrogen-bond donors (Lipinski definition) is 2. The van der Waals surface area contributed by atoms with Gasteiger partial charge in [-0.3, -0.25) is 18.6 Å². The van der Waals surface area contributed by atoms with Crippen LogP contribution in [0.3, 0.4) is 0 Å². The molecule has 65 heavy (non-hydrogen) atoms. The number of amides is 1. The van der Waals surface area contributed by atoms with Crippen molar-refractivity contribution in [3.8, 4) is 0 Å². The third-order valence-corrected chi connectivity index (χ3v) is 13.0. The summed E-state index contributed by atoms with van der Waals surface area (Å²) in [6.07, 6.45) is 52.8. The van der Waals surface area contributed by atoms with Crippen LogP contribution >= 0.6 is 7.82 Å². The molecule has 10 heteroatoms. The highest BCUT2D eigenvalue weighted by Gasteiger charge is 2.30. The van der Waals surface area contributed by atoms with E-state index in [4.69, 9.17) is 13.8 Å². The molecule has 3 atom stereocenters. The quantitative estimate of drug-likeness (QED) is 0.0205. The van der Waals surface area contributed by atoms with Gasteiger partial charge in [-0.05, 0) is 83.1 Å². The molecule has 0 radical (unpaired) electrons.